The molecule has 1 aromatic rings. The Morgan fingerprint density at radius 1 is 1.75 bits per heavy atom. The van der Waals surface area contributed by atoms with Crippen LogP contribution in [-0.2, 0) is 0 Å². The van der Waals surface area contributed by atoms with Crippen molar-refractivity contribution in [3.63, 3.8) is 0 Å². The Bertz CT molecular complexity index is 299. The highest BCUT2D eigenvalue weighted by Crippen LogP contribution is 2.16. The Morgan fingerprint density at radius 3 is 3.00 bits per heavy atom. The van der Waals surface area contributed by atoms with Gasteiger partial charge < -0.3 is 0 Å². The van der Waals surface area contributed by atoms with Gasteiger partial charge in [-0.2, -0.15) is 12.6 Å². The molecular weight excluding hydrogens is 188 g/mol. The SMILES string of the molecule is CC(=O)c1cc(C=CCS)cs1. The highest BCUT2D eigenvalue weighted by atomic mass is 32.1. The Balaban J connectivity index is 2.77. The minimum absolute atomic E-state index is 0.130. The van der Waals surface area contributed by atoms with Crippen molar-refractivity contribution in [2.45, 2.75) is 6.92 Å². The van der Waals surface area contributed by atoms with Crippen molar-refractivity contribution in [2.75, 3.05) is 5.75 Å². The molecule has 0 spiro atoms. The van der Waals surface area contributed by atoms with Crippen molar-refractivity contribution < 1.29 is 4.79 Å². The summed E-state index contributed by atoms with van der Waals surface area (Å²) in [7, 11) is 0. The lowest BCUT2D eigenvalue weighted by molar-refractivity contribution is 0.102. The van der Waals surface area contributed by atoms with Crippen LogP contribution in [0.1, 0.15) is 22.2 Å². The Labute approximate surface area is 81.5 Å². The van der Waals surface area contributed by atoms with Crippen LogP contribution in [0.4, 0.5) is 0 Å². The first kappa shape index (κ1) is 9.55. The van der Waals surface area contributed by atoms with Gasteiger partial charge in [0.2, 0.25) is 0 Å². The number of hydrogen-bond acceptors (Lipinski definition) is 3. The number of thiophene rings is 1. The predicted molar refractivity (Wildman–Crippen MR) is 57.2 cm³/mol. The van der Waals surface area contributed by atoms with E-state index in [9.17, 15) is 4.79 Å². The highest BCUT2D eigenvalue weighted by Gasteiger charge is 2.00. The van der Waals surface area contributed by atoms with Crippen LogP contribution in [-0.4, -0.2) is 11.5 Å². The maximum absolute atomic E-state index is 10.9. The van der Waals surface area contributed by atoms with Crippen LogP contribution in [0, 0.1) is 0 Å². The molecule has 0 atom stereocenters. The number of carbonyl (C=O) groups is 1. The number of Topliss-reactive ketones (excluding diaryl/α,β-unsaturated/α-hetero) is 1. The molecule has 0 aliphatic carbocycles. The van der Waals surface area contributed by atoms with E-state index < -0.39 is 0 Å². The minimum atomic E-state index is 0.130. The molecule has 0 N–H and O–H groups in total. The predicted octanol–water partition coefficient (Wildman–Crippen LogP) is 2.89. The van der Waals surface area contributed by atoms with E-state index in [0.29, 0.717) is 0 Å². The van der Waals surface area contributed by atoms with Crippen LogP contribution in [0.15, 0.2) is 17.5 Å². The average molecular weight is 198 g/mol. The molecule has 0 radical (unpaired) electrons. The van der Waals surface area contributed by atoms with Crippen LogP contribution < -0.4 is 0 Å². The number of thiol groups is 1. The summed E-state index contributed by atoms with van der Waals surface area (Å²) in [5, 5.41) is 1.97. The van der Waals surface area contributed by atoms with Crippen molar-refractivity contribution >= 4 is 35.8 Å². The summed E-state index contributed by atoms with van der Waals surface area (Å²) >= 11 is 5.53. The molecule has 0 aromatic carbocycles. The monoisotopic (exact) mass is 198 g/mol. The third kappa shape index (κ3) is 2.50. The molecule has 1 nitrogen and oxygen atoms in total. The van der Waals surface area contributed by atoms with Crippen molar-refractivity contribution in [1.29, 1.82) is 0 Å². The fraction of sp³-hybridized carbons (Fsp3) is 0.222. The van der Waals surface area contributed by atoms with E-state index in [1.165, 1.54) is 11.3 Å². The number of hydrogen-bond donors (Lipinski definition) is 1. The summed E-state index contributed by atoms with van der Waals surface area (Å²) in [4.78, 5) is 11.7. The van der Waals surface area contributed by atoms with Gasteiger partial charge >= 0.3 is 0 Å². The van der Waals surface area contributed by atoms with Crippen molar-refractivity contribution in [1.82, 2.24) is 0 Å². The largest absolute Gasteiger partial charge is 0.294 e. The third-order valence-electron chi connectivity index (χ3n) is 1.38. The summed E-state index contributed by atoms with van der Waals surface area (Å²) in [6, 6.07) is 1.90. The van der Waals surface area contributed by atoms with Gasteiger partial charge in [0, 0.05) is 5.75 Å². The lowest BCUT2D eigenvalue weighted by Gasteiger charge is -1.83. The van der Waals surface area contributed by atoms with E-state index in [1.807, 2.05) is 23.6 Å². The molecule has 0 amide bonds. The molecule has 0 fully saturated rings. The van der Waals surface area contributed by atoms with E-state index in [4.69, 9.17) is 0 Å². The number of carbonyl (C=O) groups excluding carboxylic acids is 1. The molecule has 12 heavy (non-hydrogen) atoms. The molecule has 3 heteroatoms. The average Bonchev–Trinajstić information content (AvgIpc) is 2.48. The van der Waals surface area contributed by atoms with Gasteiger partial charge in [-0.3, -0.25) is 4.79 Å². The third-order valence-corrected chi connectivity index (χ3v) is 2.64. The van der Waals surface area contributed by atoms with Crippen LogP contribution >= 0.6 is 24.0 Å². The second kappa shape index (κ2) is 4.48. The van der Waals surface area contributed by atoms with Crippen LogP contribution in [0.25, 0.3) is 6.08 Å². The highest BCUT2D eigenvalue weighted by molar-refractivity contribution is 7.80. The summed E-state index contributed by atoms with van der Waals surface area (Å²) in [5.74, 6) is 0.858. The van der Waals surface area contributed by atoms with E-state index in [0.717, 1.165) is 16.2 Å². The van der Waals surface area contributed by atoms with Gasteiger partial charge in [-0.05, 0) is 23.9 Å². The molecule has 1 rings (SSSR count). The zero-order valence-corrected chi connectivity index (χ0v) is 8.49. The van der Waals surface area contributed by atoms with Crippen LogP contribution in [0.2, 0.25) is 0 Å². The van der Waals surface area contributed by atoms with Crippen LogP contribution in [0.5, 0.6) is 0 Å². The topological polar surface area (TPSA) is 17.1 Å². The Kier molecular flexibility index (Phi) is 3.56. The van der Waals surface area contributed by atoms with E-state index >= 15 is 0 Å². The first-order valence-corrected chi connectivity index (χ1v) is 5.12. The molecule has 64 valence electrons. The van der Waals surface area contributed by atoms with Crippen molar-refractivity contribution in [3.05, 3.63) is 28.0 Å². The first-order chi connectivity index (χ1) is 5.74. The van der Waals surface area contributed by atoms with E-state index in [1.54, 1.807) is 6.92 Å². The normalized spacial score (nSPS) is 10.8. The molecule has 1 heterocycles. The van der Waals surface area contributed by atoms with Gasteiger partial charge in [-0.1, -0.05) is 12.2 Å². The maximum atomic E-state index is 10.9. The molecule has 0 aliphatic rings. The van der Waals surface area contributed by atoms with Crippen LogP contribution in [0.3, 0.4) is 0 Å². The minimum Gasteiger partial charge on any atom is -0.294 e. The fourth-order valence-electron chi connectivity index (χ4n) is 0.812. The number of ketones is 1. The molecule has 0 saturated carbocycles. The second-order valence-corrected chi connectivity index (χ2v) is 3.66. The lowest BCUT2D eigenvalue weighted by atomic mass is 10.2. The Morgan fingerprint density at radius 2 is 2.50 bits per heavy atom. The quantitative estimate of drug-likeness (QED) is 0.584. The van der Waals surface area contributed by atoms with Crippen molar-refractivity contribution in [3.8, 4) is 0 Å². The molecule has 0 bridgehead atoms. The number of rotatable bonds is 3. The standard InChI is InChI=1S/C9H10OS2/c1-7(10)9-5-8(6-12-9)3-2-4-11/h2-3,5-6,11H,4H2,1H3. The smallest absolute Gasteiger partial charge is 0.169 e. The molecule has 0 aliphatic heterocycles. The van der Waals surface area contributed by atoms with E-state index in [-0.39, 0.29) is 5.78 Å². The van der Waals surface area contributed by atoms with Gasteiger partial charge in [-0.25, -0.2) is 0 Å². The second-order valence-electron chi connectivity index (χ2n) is 2.39. The van der Waals surface area contributed by atoms with Gasteiger partial charge in [-0.15, -0.1) is 11.3 Å². The Hall–Kier alpha value is -0.540. The van der Waals surface area contributed by atoms with E-state index in [2.05, 4.69) is 12.6 Å². The molecular formula is C9H10OS2. The van der Waals surface area contributed by atoms with Gasteiger partial charge in [0.15, 0.2) is 5.78 Å². The van der Waals surface area contributed by atoms with Gasteiger partial charge in [0.25, 0.3) is 0 Å². The molecule has 0 saturated heterocycles. The fourth-order valence-corrected chi connectivity index (χ4v) is 1.70. The zero-order chi connectivity index (χ0) is 8.97. The summed E-state index contributed by atoms with van der Waals surface area (Å²) in [6.07, 6.45) is 3.92. The summed E-state index contributed by atoms with van der Waals surface area (Å²) in [6.45, 7) is 1.58. The van der Waals surface area contributed by atoms with Gasteiger partial charge in [0.1, 0.15) is 0 Å². The lowest BCUT2D eigenvalue weighted by Crippen LogP contribution is -1.83. The zero-order valence-electron chi connectivity index (χ0n) is 6.78. The van der Waals surface area contributed by atoms with Crippen molar-refractivity contribution in [2.24, 2.45) is 0 Å². The summed E-state index contributed by atoms with van der Waals surface area (Å²) in [5.41, 5.74) is 1.08. The first-order valence-electron chi connectivity index (χ1n) is 3.61. The summed E-state index contributed by atoms with van der Waals surface area (Å²) < 4.78 is 0. The molecule has 1 aromatic heterocycles. The van der Waals surface area contributed by atoms with Gasteiger partial charge in [0.05, 0.1) is 4.88 Å². The maximum Gasteiger partial charge on any atom is 0.169 e. The molecule has 0 unspecified atom stereocenters.